The normalized spacial score (nSPS) is 30.3. The van der Waals surface area contributed by atoms with Crippen molar-refractivity contribution in [3.8, 4) is 0 Å². The molecule has 1 N–H and O–H groups in total. The summed E-state index contributed by atoms with van der Waals surface area (Å²) in [4.78, 5) is 3.54. The smallest absolute Gasteiger partial charge is 0.360 e. The Morgan fingerprint density at radius 1 is 1.53 bits per heavy atom. The predicted octanol–water partition coefficient (Wildman–Crippen LogP) is 2.80. The molecule has 0 amide bonds. The molecule has 1 atom stereocenters. The molecule has 0 saturated carbocycles. The second-order valence-electron chi connectivity index (χ2n) is 3.87. The lowest BCUT2D eigenvalue weighted by Gasteiger charge is -2.35. The van der Waals surface area contributed by atoms with Gasteiger partial charge in [0.15, 0.2) is 5.17 Å². The number of nitrogens with zero attached hydrogens (tertiary/aromatic N) is 1. The second kappa shape index (κ2) is 4.63. The molecule has 2 nitrogen and oxygen atoms in total. The van der Waals surface area contributed by atoms with Gasteiger partial charge in [0.05, 0.1) is 0 Å². The van der Waals surface area contributed by atoms with Gasteiger partial charge in [-0.1, -0.05) is 18.7 Å². The molecule has 1 aliphatic rings. The van der Waals surface area contributed by atoms with E-state index in [1.165, 1.54) is 11.8 Å². The molecular formula is C9H15F3N2S. The highest BCUT2D eigenvalue weighted by Gasteiger charge is 2.30. The first kappa shape index (κ1) is 12.7. The average molecular weight is 240 g/mol. The first-order chi connectivity index (χ1) is 6.85. The van der Waals surface area contributed by atoms with Gasteiger partial charge >= 0.3 is 6.18 Å². The van der Waals surface area contributed by atoms with Crippen LogP contribution in [-0.4, -0.2) is 29.2 Å². The molecule has 0 radical (unpaired) electrons. The van der Waals surface area contributed by atoms with Crippen LogP contribution >= 0.6 is 11.8 Å². The molecule has 1 aliphatic heterocycles. The molecule has 1 fully saturated rings. The number of hydrogen-bond acceptors (Lipinski definition) is 2. The first-order valence-electron chi connectivity index (χ1n) is 4.87. The molecule has 0 aromatic heterocycles. The number of nitrogens with one attached hydrogen (secondary N) is 1. The van der Waals surface area contributed by atoms with Crippen LogP contribution in [0.3, 0.4) is 0 Å². The number of amidine groups is 1. The van der Waals surface area contributed by atoms with Gasteiger partial charge in [0, 0.05) is 11.3 Å². The van der Waals surface area contributed by atoms with E-state index in [-0.39, 0.29) is 5.54 Å². The molecule has 0 aromatic carbocycles. The van der Waals surface area contributed by atoms with Gasteiger partial charge in [0.1, 0.15) is 6.54 Å². The highest BCUT2D eigenvalue weighted by molar-refractivity contribution is 8.13. The second-order valence-corrected chi connectivity index (χ2v) is 4.96. The Kier molecular flexibility index (Phi) is 3.92. The predicted molar refractivity (Wildman–Crippen MR) is 57.3 cm³/mol. The average Bonchev–Trinajstić information content (AvgIpc) is 2.14. The Morgan fingerprint density at radius 2 is 2.20 bits per heavy atom. The van der Waals surface area contributed by atoms with Crippen LogP contribution in [0.1, 0.15) is 26.7 Å². The van der Waals surface area contributed by atoms with Crippen molar-refractivity contribution < 1.29 is 13.2 Å². The van der Waals surface area contributed by atoms with E-state index in [0.29, 0.717) is 5.17 Å². The van der Waals surface area contributed by atoms with Crippen LogP contribution in [0.4, 0.5) is 13.2 Å². The van der Waals surface area contributed by atoms with Crippen LogP contribution in [0.25, 0.3) is 0 Å². The highest BCUT2D eigenvalue weighted by Crippen LogP contribution is 2.25. The van der Waals surface area contributed by atoms with Crippen LogP contribution in [0.5, 0.6) is 0 Å². The standard InChI is InChI=1S/C9H15F3N2S/c1-3-8(2)4-5-15-7(14-8)13-6-9(10,11)12/h3-6H2,1-2H3,(H,13,14). The molecule has 0 bridgehead atoms. The van der Waals surface area contributed by atoms with Crippen LogP contribution in [0.15, 0.2) is 4.99 Å². The van der Waals surface area contributed by atoms with Crippen molar-refractivity contribution in [1.29, 1.82) is 0 Å². The summed E-state index contributed by atoms with van der Waals surface area (Å²) in [6, 6.07) is 0. The van der Waals surface area contributed by atoms with E-state index in [2.05, 4.69) is 10.3 Å². The minimum Gasteiger partial charge on any atom is -0.360 e. The van der Waals surface area contributed by atoms with Crippen molar-refractivity contribution in [3.05, 3.63) is 0 Å². The molecule has 1 rings (SSSR count). The van der Waals surface area contributed by atoms with Gasteiger partial charge in [-0.3, -0.25) is 4.99 Å². The maximum absolute atomic E-state index is 11.9. The highest BCUT2D eigenvalue weighted by atomic mass is 32.2. The molecule has 1 heterocycles. The van der Waals surface area contributed by atoms with Crippen molar-refractivity contribution in [2.24, 2.45) is 4.99 Å². The number of alkyl halides is 3. The van der Waals surface area contributed by atoms with Crippen LogP contribution in [0, 0.1) is 0 Å². The summed E-state index contributed by atoms with van der Waals surface area (Å²) >= 11 is 1.36. The number of thioether (sulfide) groups is 1. The Bertz CT molecular complexity index is 252. The lowest BCUT2D eigenvalue weighted by molar-refractivity contribution is -0.118. The summed E-state index contributed by atoms with van der Waals surface area (Å²) in [5.41, 5.74) is -0.102. The fourth-order valence-corrected chi connectivity index (χ4v) is 2.46. The monoisotopic (exact) mass is 240 g/mol. The van der Waals surface area contributed by atoms with Crippen LogP contribution < -0.4 is 5.32 Å². The van der Waals surface area contributed by atoms with Crippen molar-refractivity contribution in [3.63, 3.8) is 0 Å². The summed E-state index contributed by atoms with van der Waals surface area (Å²) in [7, 11) is 0. The van der Waals surface area contributed by atoms with E-state index < -0.39 is 12.7 Å². The van der Waals surface area contributed by atoms with Gasteiger partial charge in [-0.2, -0.15) is 13.2 Å². The summed E-state index contributed by atoms with van der Waals surface area (Å²) in [5, 5.41) is 3.48. The lowest BCUT2D eigenvalue weighted by atomic mass is 9.96. The molecule has 1 unspecified atom stereocenters. The van der Waals surface area contributed by atoms with Gasteiger partial charge in [-0.05, 0) is 19.8 Å². The maximum Gasteiger partial charge on any atom is 0.408 e. The van der Waals surface area contributed by atoms with Crippen LogP contribution in [-0.2, 0) is 0 Å². The third-order valence-corrected chi connectivity index (χ3v) is 3.40. The Labute approximate surface area is 91.7 Å². The molecule has 6 heteroatoms. The third kappa shape index (κ3) is 4.32. The summed E-state index contributed by atoms with van der Waals surface area (Å²) in [6.07, 6.45) is -2.37. The van der Waals surface area contributed by atoms with E-state index >= 15 is 0 Å². The summed E-state index contributed by atoms with van der Waals surface area (Å²) in [5.74, 6) is 0.827. The fraction of sp³-hybridized carbons (Fsp3) is 0.889. The van der Waals surface area contributed by atoms with E-state index in [1.807, 2.05) is 13.8 Å². The maximum atomic E-state index is 11.9. The van der Waals surface area contributed by atoms with Gasteiger partial charge in [-0.25, -0.2) is 0 Å². The summed E-state index contributed by atoms with van der Waals surface area (Å²) < 4.78 is 35.8. The molecule has 1 saturated heterocycles. The zero-order valence-corrected chi connectivity index (χ0v) is 9.63. The van der Waals surface area contributed by atoms with Gasteiger partial charge < -0.3 is 5.32 Å². The molecule has 0 aliphatic carbocycles. The summed E-state index contributed by atoms with van der Waals surface area (Å²) in [6.45, 7) is 2.93. The largest absolute Gasteiger partial charge is 0.408 e. The van der Waals surface area contributed by atoms with E-state index in [1.54, 1.807) is 0 Å². The number of rotatable bonds is 2. The zero-order valence-electron chi connectivity index (χ0n) is 8.82. The first-order valence-corrected chi connectivity index (χ1v) is 5.85. The molecule has 0 aromatic rings. The van der Waals surface area contributed by atoms with Crippen molar-refractivity contribution in [1.82, 2.24) is 5.32 Å². The molecule has 15 heavy (non-hydrogen) atoms. The van der Waals surface area contributed by atoms with E-state index in [0.717, 1.165) is 18.6 Å². The van der Waals surface area contributed by atoms with Crippen molar-refractivity contribution in [2.45, 2.75) is 38.4 Å². The number of halogens is 3. The van der Waals surface area contributed by atoms with Crippen molar-refractivity contribution >= 4 is 16.9 Å². The third-order valence-electron chi connectivity index (χ3n) is 2.48. The quantitative estimate of drug-likeness (QED) is 0.802. The van der Waals surface area contributed by atoms with Crippen molar-refractivity contribution in [2.75, 3.05) is 12.3 Å². The number of hydrogen-bond donors (Lipinski definition) is 1. The minimum absolute atomic E-state index is 0.102. The molecule has 0 spiro atoms. The molecular weight excluding hydrogens is 225 g/mol. The Balaban J connectivity index is 2.56. The van der Waals surface area contributed by atoms with Gasteiger partial charge in [0.2, 0.25) is 0 Å². The van der Waals surface area contributed by atoms with Crippen LogP contribution in [0.2, 0.25) is 0 Å². The lowest BCUT2D eigenvalue weighted by Crippen LogP contribution is -2.48. The topological polar surface area (TPSA) is 24.4 Å². The Hall–Kier alpha value is -0.390. The fourth-order valence-electron chi connectivity index (χ4n) is 1.24. The van der Waals surface area contributed by atoms with Gasteiger partial charge in [0.25, 0.3) is 0 Å². The van der Waals surface area contributed by atoms with E-state index in [9.17, 15) is 13.2 Å². The van der Waals surface area contributed by atoms with Gasteiger partial charge in [-0.15, -0.1) is 0 Å². The SMILES string of the molecule is CCC1(C)CCSC(=NCC(F)(F)F)N1. The minimum atomic E-state index is -4.21. The Morgan fingerprint density at radius 3 is 2.73 bits per heavy atom. The number of aliphatic imine (C=N–C) groups is 1. The molecule has 88 valence electrons. The van der Waals surface area contributed by atoms with E-state index in [4.69, 9.17) is 0 Å². The zero-order chi connectivity index (χ0) is 11.5.